The lowest BCUT2D eigenvalue weighted by Crippen LogP contribution is -2.39. The van der Waals surface area contributed by atoms with E-state index in [0.717, 1.165) is 0 Å². The molecule has 1 aromatic rings. The zero-order valence-electron chi connectivity index (χ0n) is 10.00. The molecule has 0 bridgehead atoms. The Morgan fingerprint density at radius 2 is 1.94 bits per heavy atom. The molecule has 0 spiro atoms. The molecule has 1 aromatic carbocycles. The molecule has 1 fully saturated rings. The van der Waals surface area contributed by atoms with Crippen molar-refractivity contribution in [3.05, 3.63) is 35.4 Å². The Morgan fingerprint density at radius 1 is 1.35 bits per heavy atom. The first-order valence-electron chi connectivity index (χ1n) is 5.96. The molecule has 0 radical (unpaired) electrons. The van der Waals surface area contributed by atoms with Gasteiger partial charge in [0.25, 0.3) is 0 Å². The molecule has 2 N–H and O–H groups in total. The Labute approximate surface area is 100 Å². The molecule has 2 rings (SSSR count). The van der Waals surface area contributed by atoms with Crippen LogP contribution in [0.15, 0.2) is 18.2 Å². The molecule has 1 saturated carbocycles. The molecule has 1 aliphatic rings. The van der Waals surface area contributed by atoms with Crippen LogP contribution in [0.1, 0.15) is 18.4 Å². The van der Waals surface area contributed by atoms with Crippen molar-refractivity contribution in [3.8, 4) is 0 Å². The van der Waals surface area contributed by atoms with Gasteiger partial charge in [0.15, 0.2) is 0 Å². The monoisotopic (exact) mass is 240 g/mol. The van der Waals surface area contributed by atoms with Gasteiger partial charge in [-0.05, 0) is 37.9 Å². The average molecular weight is 240 g/mol. The first-order valence-corrected chi connectivity index (χ1v) is 5.96. The molecular formula is C13H18F2N2. The van der Waals surface area contributed by atoms with Crippen LogP contribution in [-0.2, 0) is 6.54 Å². The van der Waals surface area contributed by atoms with Crippen molar-refractivity contribution >= 4 is 0 Å². The van der Waals surface area contributed by atoms with Gasteiger partial charge in [0.2, 0.25) is 0 Å². The van der Waals surface area contributed by atoms with Gasteiger partial charge in [0.05, 0.1) is 0 Å². The Balaban J connectivity index is 2.08. The van der Waals surface area contributed by atoms with Crippen LogP contribution in [0.25, 0.3) is 0 Å². The van der Waals surface area contributed by atoms with E-state index in [1.807, 2.05) is 11.9 Å². The summed E-state index contributed by atoms with van der Waals surface area (Å²) < 4.78 is 27.0. The quantitative estimate of drug-likeness (QED) is 0.854. The third-order valence-electron chi connectivity index (χ3n) is 3.44. The number of likely N-dealkylation sites (N-methyl/N-ethyl adjacent to an activating group) is 1. The summed E-state index contributed by atoms with van der Waals surface area (Å²) >= 11 is 0. The number of halogens is 2. The molecule has 1 atom stereocenters. The number of benzene rings is 1. The fourth-order valence-corrected chi connectivity index (χ4v) is 2.26. The number of nitrogens with two attached hydrogens (primary N) is 1. The van der Waals surface area contributed by atoms with Gasteiger partial charge in [-0.15, -0.1) is 0 Å². The molecule has 1 aliphatic carbocycles. The smallest absolute Gasteiger partial charge is 0.130 e. The van der Waals surface area contributed by atoms with E-state index in [9.17, 15) is 8.78 Å². The summed E-state index contributed by atoms with van der Waals surface area (Å²) in [7, 11) is 1.88. The third kappa shape index (κ3) is 2.82. The summed E-state index contributed by atoms with van der Waals surface area (Å²) in [5.74, 6) is -0.369. The SMILES string of the molecule is CN(Cc1c(F)cccc1F)C(CN)C1CC1. The average Bonchev–Trinajstić information content (AvgIpc) is 3.09. The van der Waals surface area contributed by atoms with Gasteiger partial charge in [-0.2, -0.15) is 0 Å². The van der Waals surface area contributed by atoms with Crippen LogP contribution < -0.4 is 5.73 Å². The fraction of sp³-hybridized carbons (Fsp3) is 0.538. The highest BCUT2D eigenvalue weighted by molar-refractivity contribution is 5.19. The summed E-state index contributed by atoms with van der Waals surface area (Å²) in [5.41, 5.74) is 5.85. The fourth-order valence-electron chi connectivity index (χ4n) is 2.26. The van der Waals surface area contributed by atoms with Crippen molar-refractivity contribution in [2.45, 2.75) is 25.4 Å². The normalized spacial score (nSPS) is 17.5. The van der Waals surface area contributed by atoms with E-state index in [2.05, 4.69) is 0 Å². The second-order valence-electron chi connectivity index (χ2n) is 4.76. The highest BCUT2D eigenvalue weighted by Crippen LogP contribution is 2.35. The van der Waals surface area contributed by atoms with E-state index in [0.29, 0.717) is 12.5 Å². The number of rotatable bonds is 5. The molecule has 1 unspecified atom stereocenters. The second kappa shape index (κ2) is 5.10. The van der Waals surface area contributed by atoms with Crippen molar-refractivity contribution in [1.82, 2.24) is 4.90 Å². The minimum atomic E-state index is -0.483. The Hall–Kier alpha value is -1.00. The molecule has 2 nitrogen and oxygen atoms in total. The van der Waals surface area contributed by atoms with Crippen LogP contribution in [0.4, 0.5) is 8.78 Å². The molecule has 0 saturated heterocycles. The van der Waals surface area contributed by atoms with Crippen molar-refractivity contribution in [1.29, 1.82) is 0 Å². The molecule has 0 heterocycles. The lowest BCUT2D eigenvalue weighted by Gasteiger charge is -2.27. The highest BCUT2D eigenvalue weighted by Gasteiger charge is 2.33. The first-order chi connectivity index (χ1) is 8.13. The summed E-state index contributed by atoms with van der Waals surface area (Å²) in [4.78, 5) is 1.96. The zero-order chi connectivity index (χ0) is 12.4. The number of nitrogens with zero attached hydrogens (tertiary/aromatic N) is 1. The molecular weight excluding hydrogens is 222 g/mol. The van der Waals surface area contributed by atoms with Crippen molar-refractivity contribution in [2.75, 3.05) is 13.6 Å². The van der Waals surface area contributed by atoms with E-state index in [1.54, 1.807) is 0 Å². The van der Waals surface area contributed by atoms with Gasteiger partial charge >= 0.3 is 0 Å². The van der Waals surface area contributed by atoms with E-state index in [-0.39, 0.29) is 18.2 Å². The maximum atomic E-state index is 13.5. The van der Waals surface area contributed by atoms with Crippen LogP contribution in [0.2, 0.25) is 0 Å². The van der Waals surface area contributed by atoms with Crippen LogP contribution in [0.5, 0.6) is 0 Å². The second-order valence-corrected chi connectivity index (χ2v) is 4.76. The third-order valence-corrected chi connectivity index (χ3v) is 3.44. The summed E-state index contributed by atoms with van der Waals surface area (Å²) in [6.07, 6.45) is 2.35. The molecule has 0 aromatic heterocycles. The number of hydrogen-bond acceptors (Lipinski definition) is 2. The van der Waals surface area contributed by atoms with Crippen LogP contribution in [0, 0.1) is 17.6 Å². The molecule has 4 heteroatoms. The highest BCUT2D eigenvalue weighted by atomic mass is 19.1. The lowest BCUT2D eigenvalue weighted by molar-refractivity contribution is 0.210. The van der Waals surface area contributed by atoms with Gasteiger partial charge in [0.1, 0.15) is 11.6 Å². The molecule has 17 heavy (non-hydrogen) atoms. The minimum absolute atomic E-state index is 0.133. The van der Waals surface area contributed by atoms with Crippen molar-refractivity contribution in [3.63, 3.8) is 0 Å². The topological polar surface area (TPSA) is 29.3 Å². The van der Waals surface area contributed by atoms with E-state index >= 15 is 0 Å². The van der Waals surface area contributed by atoms with Crippen molar-refractivity contribution < 1.29 is 8.78 Å². The summed E-state index contributed by atoms with van der Waals surface area (Å²) in [6, 6.07) is 4.20. The Kier molecular flexibility index (Phi) is 3.74. The maximum Gasteiger partial charge on any atom is 0.130 e. The Bertz CT molecular complexity index is 371. The maximum absolute atomic E-state index is 13.5. The molecule has 94 valence electrons. The van der Waals surface area contributed by atoms with Gasteiger partial charge in [-0.1, -0.05) is 6.07 Å². The Morgan fingerprint density at radius 3 is 2.41 bits per heavy atom. The molecule has 0 amide bonds. The first kappa shape index (κ1) is 12.5. The van der Waals surface area contributed by atoms with E-state index < -0.39 is 11.6 Å². The van der Waals surface area contributed by atoms with Crippen molar-refractivity contribution in [2.24, 2.45) is 11.7 Å². The predicted molar refractivity (Wildman–Crippen MR) is 63.4 cm³/mol. The predicted octanol–water partition coefficient (Wildman–Crippen LogP) is 2.13. The van der Waals surface area contributed by atoms with Gasteiger partial charge in [-0.3, -0.25) is 4.90 Å². The zero-order valence-corrected chi connectivity index (χ0v) is 10.00. The van der Waals surface area contributed by atoms with Gasteiger partial charge in [0, 0.05) is 24.7 Å². The van der Waals surface area contributed by atoms with Crippen LogP contribution in [-0.4, -0.2) is 24.5 Å². The summed E-state index contributed by atoms with van der Waals surface area (Å²) in [6.45, 7) is 0.814. The summed E-state index contributed by atoms with van der Waals surface area (Å²) in [5, 5.41) is 0. The molecule has 0 aliphatic heterocycles. The standard InChI is InChI=1S/C13H18F2N2/c1-17(13(7-16)9-5-6-9)8-10-11(14)3-2-4-12(10)15/h2-4,9,13H,5-8,16H2,1H3. The van der Waals surface area contributed by atoms with Gasteiger partial charge in [-0.25, -0.2) is 8.78 Å². The number of hydrogen-bond donors (Lipinski definition) is 1. The van der Waals surface area contributed by atoms with Crippen LogP contribution >= 0.6 is 0 Å². The lowest BCUT2D eigenvalue weighted by atomic mass is 10.1. The van der Waals surface area contributed by atoms with E-state index in [4.69, 9.17) is 5.73 Å². The minimum Gasteiger partial charge on any atom is -0.329 e. The van der Waals surface area contributed by atoms with Gasteiger partial charge < -0.3 is 5.73 Å². The van der Waals surface area contributed by atoms with Crippen LogP contribution in [0.3, 0.4) is 0 Å². The largest absolute Gasteiger partial charge is 0.329 e. The van der Waals surface area contributed by atoms with E-state index in [1.165, 1.54) is 31.0 Å².